The zero-order valence-corrected chi connectivity index (χ0v) is 16.3. The van der Waals surface area contributed by atoms with Crippen molar-refractivity contribution >= 4 is 12.0 Å². The smallest absolute Gasteiger partial charge is 0.330 e. The maximum Gasteiger partial charge on any atom is 0.330 e. The maximum absolute atomic E-state index is 11.8. The second-order valence-electron chi connectivity index (χ2n) is 6.34. The van der Waals surface area contributed by atoms with E-state index in [1.165, 1.54) is 6.08 Å². The summed E-state index contributed by atoms with van der Waals surface area (Å²) in [4.78, 5) is 16.0. The summed E-state index contributed by atoms with van der Waals surface area (Å²) in [6, 6.07) is 20.9. The molecule has 0 saturated carbocycles. The van der Waals surface area contributed by atoms with Gasteiger partial charge in [-0.1, -0.05) is 30.3 Å². The van der Waals surface area contributed by atoms with Crippen molar-refractivity contribution in [1.82, 2.24) is 4.98 Å². The standard InChI is InChI=1S/C24H23NO4/c1-19-5-4-7-23(17-19)27-15-16-28-24(26)13-10-20-8-11-22(12-9-20)29-18-21-6-2-3-14-25-21/h2-14,17H,15-16,18H2,1H3. The average Bonchev–Trinajstić information content (AvgIpc) is 2.75. The van der Waals surface area contributed by atoms with Gasteiger partial charge in [-0.25, -0.2) is 4.79 Å². The first-order valence-electron chi connectivity index (χ1n) is 9.36. The van der Waals surface area contributed by atoms with Crippen LogP contribution in [-0.2, 0) is 16.1 Å². The Morgan fingerprint density at radius 3 is 2.55 bits per heavy atom. The van der Waals surface area contributed by atoms with E-state index in [1.54, 1.807) is 12.3 Å². The van der Waals surface area contributed by atoms with Crippen LogP contribution in [0.15, 0.2) is 79.0 Å². The Morgan fingerprint density at radius 1 is 0.931 bits per heavy atom. The van der Waals surface area contributed by atoms with Crippen molar-refractivity contribution in [2.24, 2.45) is 0 Å². The van der Waals surface area contributed by atoms with E-state index in [1.807, 2.05) is 73.7 Å². The van der Waals surface area contributed by atoms with Crippen LogP contribution in [0.5, 0.6) is 11.5 Å². The highest BCUT2D eigenvalue weighted by molar-refractivity contribution is 5.87. The highest BCUT2D eigenvalue weighted by atomic mass is 16.6. The fourth-order valence-corrected chi connectivity index (χ4v) is 2.54. The quantitative estimate of drug-likeness (QED) is 0.304. The minimum absolute atomic E-state index is 0.192. The van der Waals surface area contributed by atoms with Crippen LogP contribution in [0.25, 0.3) is 6.08 Å². The first-order chi connectivity index (χ1) is 14.2. The molecule has 0 aliphatic rings. The van der Waals surface area contributed by atoms with E-state index in [4.69, 9.17) is 14.2 Å². The molecule has 0 aliphatic carbocycles. The van der Waals surface area contributed by atoms with E-state index in [2.05, 4.69) is 4.98 Å². The van der Waals surface area contributed by atoms with E-state index in [0.717, 1.165) is 28.3 Å². The first-order valence-corrected chi connectivity index (χ1v) is 9.36. The van der Waals surface area contributed by atoms with Crippen molar-refractivity contribution in [2.45, 2.75) is 13.5 Å². The third-order valence-corrected chi connectivity index (χ3v) is 3.99. The van der Waals surface area contributed by atoms with Crippen LogP contribution in [0.4, 0.5) is 0 Å². The molecule has 0 saturated heterocycles. The number of pyridine rings is 1. The summed E-state index contributed by atoms with van der Waals surface area (Å²) in [5, 5.41) is 0. The highest BCUT2D eigenvalue weighted by Gasteiger charge is 2.00. The van der Waals surface area contributed by atoms with Crippen LogP contribution in [0.1, 0.15) is 16.8 Å². The number of hydrogen-bond donors (Lipinski definition) is 0. The Hall–Kier alpha value is -3.60. The molecule has 3 aromatic rings. The number of carbonyl (C=O) groups is 1. The van der Waals surface area contributed by atoms with E-state index in [0.29, 0.717) is 13.2 Å². The highest BCUT2D eigenvalue weighted by Crippen LogP contribution is 2.15. The van der Waals surface area contributed by atoms with Gasteiger partial charge >= 0.3 is 5.97 Å². The minimum atomic E-state index is -0.409. The van der Waals surface area contributed by atoms with Crippen molar-refractivity contribution in [3.8, 4) is 11.5 Å². The van der Waals surface area contributed by atoms with Gasteiger partial charge in [0, 0.05) is 12.3 Å². The van der Waals surface area contributed by atoms with Crippen molar-refractivity contribution in [3.05, 3.63) is 95.8 Å². The van der Waals surface area contributed by atoms with Gasteiger partial charge in [0.1, 0.15) is 31.3 Å². The molecule has 0 atom stereocenters. The molecule has 2 aromatic carbocycles. The Morgan fingerprint density at radius 2 is 1.79 bits per heavy atom. The predicted molar refractivity (Wildman–Crippen MR) is 112 cm³/mol. The third kappa shape index (κ3) is 7.14. The van der Waals surface area contributed by atoms with Gasteiger partial charge in [-0.2, -0.15) is 0 Å². The number of aromatic nitrogens is 1. The summed E-state index contributed by atoms with van der Waals surface area (Å²) in [7, 11) is 0. The van der Waals surface area contributed by atoms with Gasteiger partial charge in [0.2, 0.25) is 0 Å². The molecule has 0 fully saturated rings. The molecule has 0 aliphatic heterocycles. The Bertz CT molecular complexity index is 937. The fraction of sp³-hybridized carbons (Fsp3) is 0.167. The van der Waals surface area contributed by atoms with Crippen LogP contribution in [0.3, 0.4) is 0 Å². The molecular weight excluding hydrogens is 366 g/mol. The second kappa shape index (κ2) is 10.7. The molecule has 1 heterocycles. The fourth-order valence-electron chi connectivity index (χ4n) is 2.54. The molecule has 0 N–H and O–H groups in total. The predicted octanol–water partition coefficient (Wildman–Crippen LogP) is 4.60. The van der Waals surface area contributed by atoms with E-state index in [-0.39, 0.29) is 6.61 Å². The Balaban J connectivity index is 1.38. The lowest BCUT2D eigenvalue weighted by atomic mass is 10.2. The lowest BCUT2D eigenvalue weighted by Crippen LogP contribution is -2.10. The number of esters is 1. The van der Waals surface area contributed by atoms with Crippen molar-refractivity contribution in [2.75, 3.05) is 13.2 Å². The number of rotatable bonds is 9. The average molecular weight is 389 g/mol. The largest absolute Gasteiger partial charge is 0.490 e. The molecule has 29 heavy (non-hydrogen) atoms. The summed E-state index contributed by atoms with van der Waals surface area (Å²) in [5.74, 6) is 1.10. The van der Waals surface area contributed by atoms with Gasteiger partial charge in [0.25, 0.3) is 0 Å². The molecule has 0 radical (unpaired) electrons. The van der Waals surface area contributed by atoms with Gasteiger partial charge in [0.05, 0.1) is 5.69 Å². The number of aryl methyl sites for hydroxylation is 1. The lowest BCUT2D eigenvalue weighted by molar-refractivity contribution is -0.138. The van der Waals surface area contributed by atoms with E-state index >= 15 is 0 Å². The normalized spacial score (nSPS) is 10.7. The lowest BCUT2D eigenvalue weighted by Gasteiger charge is -2.07. The van der Waals surface area contributed by atoms with Gasteiger partial charge < -0.3 is 14.2 Å². The van der Waals surface area contributed by atoms with Crippen LogP contribution in [-0.4, -0.2) is 24.2 Å². The molecule has 5 heteroatoms. The summed E-state index contributed by atoms with van der Waals surface area (Å²) in [5.41, 5.74) is 2.87. The van der Waals surface area contributed by atoms with Crippen LogP contribution in [0.2, 0.25) is 0 Å². The SMILES string of the molecule is Cc1cccc(OCCOC(=O)C=Cc2ccc(OCc3ccccn3)cc2)c1. The topological polar surface area (TPSA) is 57.7 Å². The second-order valence-corrected chi connectivity index (χ2v) is 6.34. The number of benzene rings is 2. The molecule has 148 valence electrons. The van der Waals surface area contributed by atoms with Gasteiger partial charge in [-0.05, 0) is 60.5 Å². The van der Waals surface area contributed by atoms with Crippen molar-refractivity contribution in [3.63, 3.8) is 0 Å². The zero-order chi connectivity index (χ0) is 20.3. The zero-order valence-electron chi connectivity index (χ0n) is 16.3. The van der Waals surface area contributed by atoms with Crippen LogP contribution < -0.4 is 9.47 Å². The van der Waals surface area contributed by atoms with Crippen LogP contribution in [0, 0.1) is 6.92 Å². The Labute approximate surface area is 170 Å². The van der Waals surface area contributed by atoms with Gasteiger partial charge in [-0.3, -0.25) is 4.98 Å². The number of carbonyl (C=O) groups excluding carboxylic acids is 1. The molecule has 0 spiro atoms. The summed E-state index contributed by atoms with van der Waals surface area (Å²) in [6.45, 7) is 2.91. The van der Waals surface area contributed by atoms with Gasteiger partial charge in [0.15, 0.2) is 0 Å². The molecule has 3 rings (SSSR count). The number of hydrogen-bond acceptors (Lipinski definition) is 5. The summed E-state index contributed by atoms with van der Waals surface area (Å²) in [6.07, 6.45) is 4.84. The van der Waals surface area contributed by atoms with Crippen LogP contribution >= 0.6 is 0 Å². The summed E-state index contributed by atoms with van der Waals surface area (Å²) >= 11 is 0. The molecule has 0 amide bonds. The summed E-state index contributed by atoms with van der Waals surface area (Å²) < 4.78 is 16.4. The maximum atomic E-state index is 11.8. The van der Waals surface area contributed by atoms with E-state index in [9.17, 15) is 4.79 Å². The van der Waals surface area contributed by atoms with Crippen molar-refractivity contribution in [1.29, 1.82) is 0 Å². The first kappa shape index (κ1) is 20.1. The minimum Gasteiger partial charge on any atom is -0.490 e. The Kier molecular flexibility index (Phi) is 7.41. The molecular formula is C24H23NO4. The van der Waals surface area contributed by atoms with Gasteiger partial charge in [-0.15, -0.1) is 0 Å². The monoisotopic (exact) mass is 389 g/mol. The van der Waals surface area contributed by atoms with E-state index < -0.39 is 5.97 Å². The van der Waals surface area contributed by atoms with Crippen molar-refractivity contribution < 1.29 is 19.0 Å². The molecule has 0 unspecified atom stereocenters. The number of ether oxygens (including phenoxy) is 3. The molecule has 1 aromatic heterocycles. The molecule has 5 nitrogen and oxygen atoms in total. The number of nitrogens with zero attached hydrogens (tertiary/aromatic N) is 1. The third-order valence-electron chi connectivity index (χ3n) is 3.99. The molecule has 0 bridgehead atoms.